The fourth-order valence-corrected chi connectivity index (χ4v) is 3.88. The molecule has 5 nitrogen and oxygen atoms in total. The topological polar surface area (TPSA) is 47.6 Å². The quantitative estimate of drug-likeness (QED) is 0.849. The maximum Gasteiger partial charge on any atom is 0.254 e. The van der Waals surface area contributed by atoms with Gasteiger partial charge in [0.05, 0.1) is 0 Å². The van der Waals surface area contributed by atoms with Crippen LogP contribution in [0.1, 0.15) is 43.1 Å². The first-order valence-corrected chi connectivity index (χ1v) is 10.1. The molecule has 2 aliphatic rings. The summed E-state index contributed by atoms with van der Waals surface area (Å²) in [5, 5.41) is 6.98. The fraction of sp³-hybridized carbons (Fsp3) is 0.667. The number of likely N-dealkylation sites (tertiary alicyclic amines) is 1. The first kappa shape index (κ1) is 19.2. The molecule has 26 heavy (non-hydrogen) atoms. The van der Waals surface area contributed by atoms with Crippen molar-refractivity contribution in [3.05, 3.63) is 29.3 Å². The van der Waals surface area contributed by atoms with Gasteiger partial charge < -0.3 is 15.5 Å². The number of carbonyl (C=O) groups is 1. The van der Waals surface area contributed by atoms with E-state index in [1.54, 1.807) is 0 Å². The number of anilines is 1. The average molecular weight is 359 g/mol. The van der Waals surface area contributed by atoms with Crippen molar-refractivity contribution in [2.45, 2.75) is 46.2 Å². The first-order chi connectivity index (χ1) is 12.5. The smallest absolute Gasteiger partial charge is 0.254 e. The summed E-state index contributed by atoms with van der Waals surface area (Å²) in [7, 11) is 0. The van der Waals surface area contributed by atoms with E-state index in [9.17, 15) is 4.79 Å². The summed E-state index contributed by atoms with van der Waals surface area (Å²) in [5.74, 6) is 0.730. The van der Waals surface area contributed by atoms with Crippen molar-refractivity contribution < 1.29 is 4.79 Å². The van der Waals surface area contributed by atoms with E-state index in [0.717, 1.165) is 62.5 Å². The molecule has 2 fully saturated rings. The Morgan fingerprint density at radius 2 is 1.92 bits per heavy atom. The van der Waals surface area contributed by atoms with Gasteiger partial charge in [-0.2, -0.15) is 0 Å². The van der Waals surface area contributed by atoms with Gasteiger partial charge in [0, 0.05) is 62.6 Å². The van der Waals surface area contributed by atoms with Gasteiger partial charge in [0.1, 0.15) is 0 Å². The molecule has 5 heteroatoms. The summed E-state index contributed by atoms with van der Waals surface area (Å²) >= 11 is 0. The monoisotopic (exact) mass is 358 g/mol. The maximum absolute atomic E-state index is 13.1. The lowest BCUT2D eigenvalue weighted by molar-refractivity contribution is 0.0773. The molecule has 2 aliphatic heterocycles. The van der Waals surface area contributed by atoms with Crippen molar-refractivity contribution in [2.75, 3.05) is 44.6 Å². The molecule has 2 saturated heterocycles. The summed E-state index contributed by atoms with van der Waals surface area (Å²) in [6.07, 6.45) is 1.09. The largest absolute Gasteiger partial charge is 0.382 e. The molecular formula is C21H34N4O. The molecular weight excluding hydrogens is 324 g/mol. The third kappa shape index (κ3) is 4.21. The number of hydrogen-bond acceptors (Lipinski definition) is 4. The third-order valence-corrected chi connectivity index (χ3v) is 6.07. The fourth-order valence-electron chi connectivity index (χ4n) is 3.88. The van der Waals surface area contributed by atoms with E-state index in [1.807, 2.05) is 17.0 Å². The minimum atomic E-state index is 0.181. The van der Waals surface area contributed by atoms with Crippen LogP contribution in [0.2, 0.25) is 0 Å². The molecule has 3 rings (SSSR count). The van der Waals surface area contributed by atoms with Crippen molar-refractivity contribution in [2.24, 2.45) is 5.92 Å². The Hall–Kier alpha value is -1.59. The Balaban J connectivity index is 1.68. The lowest BCUT2D eigenvalue weighted by Gasteiger charge is -2.32. The second kappa shape index (κ2) is 8.40. The maximum atomic E-state index is 13.1. The number of nitrogens with zero attached hydrogens (tertiary/aromatic N) is 2. The zero-order valence-corrected chi connectivity index (χ0v) is 16.7. The summed E-state index contributed by atoms with van der Waals surface area (Å²) in [6, 6.07) is 6.95. The molecule has 1 aromatic rings. The van der Waals surface area contributed by atoms with Crippen molar-refractivity contribution in [3.63, 3.8) is 0 Å². The van der Waals surface area contributed by atoms with E-state index in [-0.39, 0.29) is 5.91 Å². The van der Waals surface area contributed by atoms with Crippen LogP contribution in [0.3, 0.4) is 0 Å². The van der Waals surface area contributed by atoms with Crippen LogP contribution < -0.4 is 10.6 Å². The van der Waals surface area contributed by atoms with Gasteiger partial charge in [0.15, 0.2) is 0 Å². The van der Waals surface area contributed by atoms with Crippen LogP contribution in [-0.2, 0) is 0 Å². The number of carbonyl (C=O) groups excluding carboxylic acids is 1. The van der Waals surface area contributed by atoms with Gasteiger partial charge in [-0.15, -0.1) is 0 Å². The zero-order valence-electron chi connectivity index (χ0n) is 16.7. The molecule has 2 unspecified atom stereocenters. The van der Waals surface area contributed by atoms with E-state index in [0.29, 0.717) is 18.0 Å². The van der Waals surface area contributed by atoms with Gasteiger partial charge in [0.25, 0.3) is 5.91 Å². The predicted octanol–water partition coefficient (Wildman–Crippen LogP) is 2.57. The third-order valence-electron chi connectivity index (χ3n) is 6.07. The molecule has 2 atom stereocenters. The number of piperazine rings is 1. The van der Waals surface area contributed by atoms with Gasteiger partial charge >= 0.3 is 0 Å². The Labute approximate surface area is 158 Å². The Morgan fingerprint density at radius 1 is 1.19 bits per heavy atom. The predicted molar refractivity (Wildman–Crippen MR) is 108 cm³/mol. The Bertz CT molecular complexity index is 624. The van der Waals surface area contributed by atoms with Crippen molar-refractivity contribution in [1.82, 2.24) is 15.1 Å². The molecule has 0 aromatic heterocycles. The van der Waals surface area contributed by atoms with Gasteiger partial charge in [0.2, 0.25) is 0 Å². The molecule has 1 aromatic carbocycles. The number of nitrogens with one attached hydrogen (secondary N) is 2. The van der Waals surface area contributed by atoms with E-state index in [4.69, 9.17) is 0 Å². The summed E-state index contributed by atoms with van der Waals surface area (Å²) in [5.41, 5.74) is 2.98. The SMILES string of the molecule is Cc1c(NC(C)C(C)C)cccc1C(=O)N1CCC(N2CCNCC2)C1. The molecule has 0 saturated carbocycles. The van der Waals surface area contributed by atoms with Crippen LogP contribution in [0, 0.1) is 12.8 Å². The van der Waals surface area contributed by atoms with Crippen LogP contribution in [0.5, 0.6) is 0 Å². The highest BCUT2D eigenvalue weighted by molar-refractivity contribution is 5.97. The second-order valence-corrected chi connectivity index (χ2v) is 8.13. The summed E-state index contributed by atoms with van der Waals surface area (Å²) in [6.45, 7) is 14.7. The highest BCUT2D eigenvalue weighted by Crippen LogP contribution is 2.25. The molecule has 0 aliphatic carbocycles. The minimum absolute atomic E-state index is 0.181. The zero-order chi connectivity index (χ0) is 18.7. The number of hydrogen-bond donors (Lipinski definition) is 2. The van der Waals surface area contributed by atoms with Gasteiger partial charge in [-0.05, 0) is 43.9 Å². The van der Waals surface area contributed by atoms with Crippen molar-refractivity contribution in [3.8, 4) is 0 Å². The Kier molecular flexibility index (Phi) is 6.20. The second-order valence-electron chi connectivity index (χ2n) is 8.13. The van der Waals surface area contributed by atoms with Gasteiger partial charge in [-0.1, -0.05) is 19.9 Å². The number of rotatable bonds is 5. The van der Waals surface area contributed by atoms with Gasteiger partial charge in [-0.3, -0.25) is 9.69 Å². The normalized spacial score (nSPS) is 22.7. The van der Waals surface area contributed by atoms with Gasteiger partial charge in [-0.25, -0.2) is 0 Å². The van der Waals surface area contributed by atoms with E-state index < -0.39 is 0 Å². The van der Waals surface area contributed by atoms with Crippen LogP contribution in [0.25, 0.3) is 0 Å². The van der Waals surface area contributed by atoms with Crippen molar-refractivity contribution >= 4 is 11.6 Å². The molecule has 2 N–H and O–H groups in total. The molecule has 0 bridgehead atoms. The standard InChI is InChI=1S/C21H34N4O/c1-15(2)17(4)23-20-7-5-6-19(16(20)3)21(26)25-11-8-18(14-25)24-12-9-22-10-13-24/h5-7,15,17-18,22-23H,8-14H2,1-4H3. The summed E-state index contributed by atoms with van der Waals surface area (Å²) < 4.78 is 0. The molecule has 144 valence electrons. The molecule has 2 heterocycles. The molecule has 0 spiro atoms. The lowest BCUT2D eigenvalue weighted by Crippen LogP contribution is -2.49. The van der Waals surface area contributed by atoms with E-state index in [2.05, 4.69) is 49.3 Å². The minimum Gasteiger partial charge on any atom is -0.382 e. The van der Waals surface area contributed by atoms with Crippen LogP contribution >= 0.6 is 0 Å². The van der Waals surface area contributed by atoms with Crippen LogP contribution in [0.15, 0.2) is 18.2 Å². The summed E-state index contributed by atoms with van der Waals surface area (Å²) in [4.78, 5) is 17.7. The number of benzene rings is 1. The average Bonchev–Trinajstić information content (AvgIpc) is 3.13. The van der Waals surface area contributed by atoms with E-state index in [1.165, 1.54) is 0 Å². The van der Waals surface area contributed by atoms with Crippen LogP contribution in [-0.4, -0.2) is 67.1 Å². The first-order valence-electron chi connectivity index (χ1n) is 10.1. The Morgan fingerprint density at radius 3 is 2.62 bits per heavy atom. The molecule has 0 radical (unpaired) electrons. The number of amides is 1. The highest BCUT2D eigenvalue weighted by Gasteiger charge is 2.32. The van der Waals surface area contributed by atoms with Crippen LogP contribution in [0.4, 0.5) is 5.69 Å². The highest BCUT2D eigenvalue weighted by atomic mass is 16.2. The van der Waals surface area contributed by atoms with E-state index >= 15 is 0 Å². The van der Waals surface area contributed by atoms with Crippen molar-refractivity contribution in [1.29, 1.82) is 0 Å². The lowest BCUT2D eigenvalue weighted by atomic mass is 10.0. The molecule has 1 amide bonds.